The van der Waals surface area contributed by atoms with Crippen molar-refractivity contribution in [3.63, 3.8) is 0 Å². The van der Waals surface area contributed by atoms with E-state index in [2.05, 4.69) is 15.6 Å². The summed E-state index contributed by atoms with van der Waals surface area (Å²) in [6.45, 7) is 13.8. The molecule has 3 N–H and O–H groups in total. The van der Waals surface area contributed by atoms with Crippen LogP contribution in [0.3, 0.4) is 0 Å². The molecule has 1 aromatic heterocycles. The average Bonchev–Trinajstić information content (AvgIpc) is 3.10. The Morgan fingerprint density at radius 2 is 1.96 bits per heavy atom. The van der Waals surface area contributed by atoms with Crippen molar-refractivity contribution in [2.24, 2.45) is 4.99 Å². The zero-order chi connectivity index (χ0) is 20.5. The molecule has 0 aliphatic carbocycles. The van der Waals surface area contributed by atoms with Gasteiger partial charge in [-0.3, -0.25) is 0 Å². The molecule has 1 heterocycles. The average molecular weight is 526 g/mol. The third-order valence-corrected chi connectivity index (χ3v) is 4.77. The van der Waals surface area contributed by atoms with Gasteiger partial charge in [0.15, 0.2) is 5.96 Å². The number of likely N-dealkylation sites (N-methyl/N-ethyl adjacent to an activating group) is 1. The minimum atomic E-state index is -1.01. The Balaban J connectivity index is 0.00000729. The van der Waals surface area contributed by atoms with Crippen LogP contribution in [0, 0.1) is 0 Å². The van der Waals surface area contributed by atoms with Gasteiger partial charge >= 0.3 is 6.09 Å². The number of rotatable bonds is 8. The summed E-state index contributed by atoms with van der Waals surface area (Å²) in [6.07, 6.45) is -0.325. The fourth-order valence-electron chi connectivity index (χ4n) is 2.25. The number of carbonyl (C=O) groups is 1. The lowest BCUT2D eigenvalue weighted by atomic mass is 10.1. The molecule has 28 heavy (non-hydrogen) atoms. The SMILES string of the molecule is CCNC(=NCC(C)(O)c1cccs1)NCCN(CC)C(=O)OC(C)(C)C.I. The number of guanidine groups is 1. The van der Waals surface area contributed by atoms with Crippen LogP contribution in [0.1, 0.15) is 46.4 Å². The van der Waals surface area contributed by atoms with Crippen molar-refractivity contribution >= 4 is 47.4 Å². The van der Waals surface area contributed by atoms with Gasteiger partial charge in [-0.25, -0.2) is 9.79 Å². The van der Waals surface area contributed by atoms with Crippen LogP contribution in [0.15, 0.2) is 22.5 Å². The van der Waals surface area contributed by atoms with Gasteiger partial charge in [0.2, 0.25) is 0 Å². The van der Waals surface area contributed by atoms with E-state index in [1.54, 1.807) is 11.8 Å². The first kappa shape index (κ1) is 26.9. The topological polar surface area (TPSA) is 86.2 Å². The second-order valence-corrected chi connectivity index (χ2v) is 8.38. The van der Waals surface area contributed by atoms with Crippen molar-refractivity contribution in [1.29, 1.82) is 0 Å². The van der Waals surface area contributed by atoms with Crippen LogP contribution in [0.4, 0.5) is 4.79 Å². The molecule has 9 heteroatoms. The van der Waals surface area contributed by atoms with Crippen LogP contribution in [-0.4, -0.2) is 60.4 Å². The predicted molar refractivity (Wildman–Crippen MR) is 127 cm³/mol. The molecule has 0 bridgehead atoms. The first-order valence-corrected chi connectivity index (χ1v) is 10.2. The largest absolute Gasteiger partial charge is 0.444 e. The molecule has 0 saturated heterocycles. The Labute approximate surface area is 190 Å². The Kier molecular flexibility index (Phi) is 12.0. The van der Waals surface area contributed by atoms with Crippen molar-refractivity contribution in [2.45, 2.75) is 52.7 Å². The molecule has 0 saturated carbocycles. The number of hydrogen-bond acceptors (Lipinski definition) is 5. The standard InChI is InChI=1S/C19H34N4O3S.HI/c1-7-20-16(22-14-19(6,25)15-10-9-13-27-15)21-11-12-23(8-2)17(24)26-18(3,4)5;/h9-10,13,25H,7-8,11-12,14H2,1-6H3,(H2,20,21,22);1H. The summed E-state index contributed by atoms with van der Waals surface area (Å²) >= 11 is 1.51. The summed E-state index contributed by atoms with van der Waals surface area (Å²) in [5, 5.41) is 18.9. The first-order valence-electron chi connectivity index (χ1n) is 9.35. The van der Waals surface area contributed by atoms with E-state index in [1.165, 1.54) is 11.3 Å². The molecule has 1 unspecified atom stereocenters. The van der Waals surface area contributed by atoms with Crippen LogP contribution >= 0.6 is 35.3 Å². The number of aliphatic imine (C=N–C) groups is 1. The molecule has 1 aromatic rings. The lowest BCUT2D eigenvalue weighted by Gasteiger charge is -2.27. The maximum Gasteiger partial charge on any atom is 0.410 e. The van der Waals surface area contributed by atoms with Gasteiger partial charge in [0.05, 0.1) is 6.54 Å². The lowest BCUT2D eigenvalue weighted by Crippen LogP contribution is -2.44. The fraction of sp³-hybridized carbons (Fsp3) is 0.684. The molecular formula is C19H35IN4O3S. The summed E-state index contributed by atoms with van der Waals surface area (Å²) in [5.74, 6) is 0.606. The Morgan fingerprint density at radius 1 is 1.29 bits per heavy atom. The number of nitrogens with zero attached hydrogens (tertiary/aromatic N) is 2. The number of thiophene rings is 1. The molecule has 0 aliphatic rings. The molecule has 1 atom stereocenters. The number of halogens is 1. The molecule has 0 aliphatic heterocycles. The highest BCUT2D eigenvalue weighted by atomic mass is 127. The molecule has 0 aromatic carbocycles. The van der Waals surface area contributed by atoms with Crippen molar-refractivity contribution in [3.8, 4) is 0 Å². The number of carbonyl (C=O) groups excluding carboxylic acids is 1. The van der Waals surface area contributed by atoms with E-state index in [9.17, 15) is 9.90 Å². The van der Waals surface area contributed by atoms with Crippen LogP contribution in [-0.2, 0) is 10.3 Å². The monoisotopic (exact) mass is 526 g/mol. The highest BCUT2D eigenvalue weighted by molar-refractivity contribution is 14.0. The van der Waals surface area contributed by atoms with Crippen molar-refractivity contribution in [3.05, 3.63) is 22.4 Å². The van der Waals surface area contributed by atoms with Gasteiger partial charge < -0.3 is 25.4 Å². The highest BCUT2D eigenvalue weighted by Crippen LogP contribution is 2.25. The third kappa shape index (κ3) is 9.92. The lowest BCUT2D eigenvalue weighted by molar-refractivity contribution is 0.0264. The Morgan fingerprint density at radius 3 is 2.46 bits per heavy atom. The van der Waals surface area contributed by atoms with Crippen LogP contribution < -0.4 is 10.6 Å². The molecule has 0 fully saturated rings. The molecule has 1 rings (SSSR count). The summed E-state index contributed by atoms with van der Waals surface area (Å²) in [7, 11) is 0. The van der Waals surface area contributed by atoms with Gasteiger partial charge in [-0.2, -0.15) is 0 Å². The van der Waals surface area contributed by atoms with Crippen LogP contribution in [0.2, 0.25) is 0 Å². The van der Waals surface area contributed by atoms with E-state index in [-0.39, 0.29) is 36.6 Å². The minimum Gasteiger partial charge on any atom is -0.444 e. The number of ether oxygens (including phenoxy) is 1. The van der Waals surface area contributed by atoms with Gasteiger partial charge in [-0.15, -0.1) is 35.3 Å². The van der Waals surface area contributed by atoms with Gasteiger partial charge in [0.1, 0.15) is 11.2 Å². The van der Waals surface area contributed by atoms with Crippen molar-refractivity contribution in [2.75, 3.05) is 32.7 Å². The normalized spacial score (nSPS) is 13.9. The molecule has 7 nitrogen and oxygen atoms in total. The Bertz CT molecular complexity index is 601. The van der Waals surface area contributed by atoms with E-state index in [4.69, 9.17) is 4.74 Å². The molecule has 1 amide bonds. The van der Waals surface area contributed by atoms with E-state index in [0.717, 1.165) is 4.88 Å². The van der Waals surface area contributed by atoms with Crippen LogP contribution in [0.25, 0.3) is 0 Å². The highest BCUT2D eigenvalue weighted by Gasteiger charge is 2.24. The zero-order valence-corrected chi connectivity index (χ0v) is 20.9. The van der Waals surface area contributed by atoms with Crippen molar-refractivity contribution in [1.82, 2.24) is 15.5 Å². The molecule has 0 radical (unpaired) electrons. The fourth-order valence-corrected chi connectivity index (χ4v) is 3.03. The Hall–Kier alpha value is -1.07. The zero-order valence-electron chi connectivity index (χ0n) is 17.7. The summed E-state index contributed by atoms with van der Waals surface area (Å²) in [4.78, 5) is 19.2. The predicted octanol–water partition coefficient (Wildman–Crippen LogP) is 3.39. The van der Waals surface area contributed by atoms with Gasteiger partial charge in [-0.1, -0.05) is 6.07 Å². The van der Waals surface area contributed by atoms with Gasteiger partial charge in [0, 0.05) is 31.1 Å². The summed E-state index contributed by atoms with van der Waals surface area (Å²) < 4.78 is 5.41. The summed E-state index contributed by atoms with van der Waals surface area (Å²) in [5.41, 5.74) is -1.52. The molecule has 0 spiro atoms. The maximum absolute atomic E-state index is 12.2. The number of amides is 1. The maximum atomic E-state index is 12.2. The second-order valence-electron chi connectivity index (χ2n) is 7.43. The van der Waals surface area contributed by atoms with Crippen LogP contribution in [0.5, 0.6) is 0 Å². The van der Waals surface area contributed by atoms with E-state index in [1.807, 2.05) is 52.1 Å². The van der Waals surface area contributed by atoms with Crippen molar-refractivity contribution < 1.29 is 14.6 Å². The molecular weight excluding hydrogens is 491 g/mol. The van der Waals surface area contributed by atoms with Gasteiger partial charge in [0.25, 0.3) is 0 Å². The van der Waals surface area contributed by atoms with Gasteiger partial charge in [-0.05, 0) is 53.0 Å². The minimum absolute atomic E-state index is 0. The number of aliphatic hydroxyl groups is 1. The number of hydrogen-bond donors (Lipinski definition) is 3. The van der Waals surface area contributed by atoms with E-state index < -0.39 is 11.2 Å². The molecule has 162 valence electrons. The third-order valence-electron chi connectivity index (χ3n) is 3.65. The first-order chi connectivity index (χ1) is 12.6. The second kappa shape index (κ2) is 12.5. The van der Waals surface area contributed by atoms with E-state index in [0.29, 0.717) is 32.1 Å². The van der Waals surface area contributed by atoms with E-state index >= 15 is 0 Å². The number of nitrogens with one attached hydrogen (secondary N) is 2. The summed E-state index contributed by atoms with van der Waals surface area (Å²) in [6, 6.07) is 3.82. The smallest absolute Gasteiger partial charge is 0.410 e. The quantitative estimate of drug-likeness (QED) is 0.275.